The van der Waals surface area contributed by atoms with Gasteiger partial charge in [-0.15, -0.1) is 0 Å². The summed E-state index contributed by atoms with van der Waals surface area (Å²) in [6, 6.07) is 0. The summed E-state index contributed by atoms with van der Waals surface area (Å²) >= 11 is 7.81. The number of hydrogen-bond acceptors (Lipinski definition) is 4. The third-order valence-electron chi connectivity index (χ3n) is 2.33. The van der Waals surface area contributed by atoms with E-state index < -0.39 is 40.5 Å². The van der Waals surface area contributed by atoms with E-state index in [2.05, 4.69) is 33.9 Å². The van der Waals surface area contributed by atoms with E-state index in [0.717, 1.165) is 0 Å². The van der Waals surface area contributed by atoms with E-state index in [9.17, 15) is 30.7 Å². The molecule has 0 aromatic carbocycles. The molecule has 0 N–H and O–H groups in total. The van der Waals surface area contributed by atoms with Crippen LogP contribution in [0.2, 0.25) is 0 Å². The molecule has 0 amide bonds. The highest BCUT2D eigenvalue weighted by atomic mass is 32.1. The molecule has 1 unspecified atom stereocenters. The normalized spacial score (nSPS) is 16.3. The van der Waals surface area contributed by atoms with Crippen molar-refractivity contribution in [3.63, 3.8) is 0 Å². The summed E-state index contributed by atoms with van der Waals surface area (Å²) in [5, 5.41) is -4.04. The van der Waals surface area contributed by atoms with Gasteiger partial charge in [-0.1, -0.05) is 0 Å². The molecule has 20 heavy (non-hydrogen) atoms. The number of thiocarbonyl (C=S) groups is 2. The summed E-state index contributed by atoms with van der Waals surface area (Å²) in [6.45, 7) is -0.439. The van der Waals surface area contributed by atoms with Crippen LogP contribution in [0.15, 0.2) is 0 Å². The van der Waals surface area contributed by atoms with Crippen LogP contribution >= 0.6 is 24.4 Å². The van der Waals surface area contributed by atoms with Gasteiger partial charge >= 0.3 is 23.4 Å². The number of hydrogen-bond donors (Lipinski definition) is 0. The maximum absolute atomic E-state index is 14.3. The van der Waals surface area contributed by atoms with Crippen molar-refractivity contribution in [3.05, 3.63) is 0 Å². The predicted molar refractivity (Wildman–Crippen MR) is 63.6 cm³/mol. The van der Waals surface area contributed by atoms with Crippen LogP contribution in [0.4, 0.5) is 30.7 Å². The molecule has 118 valence electrons. The largest absolute Gasteiger partial charge is 0.487 e. The maximum atomic E-state index is 14.3. The van der Waals surface area contributed by atoms with Crippen molar-refractivity contribution < 1.29 is 40.2 Å². The standard InChI is InChI=1S/C9H9F7O2S2/c1-6(10,11)9(15,16)7(12,4(19)17-2)8(13,14)5(20)18-3/h1-3H3. The van der Waals surface area contributed by atoms with Crippen molar-refractivity contribution in [1.29, 1.82) is 0 Å². The molecule has 1 atom stereocenters. The Balaban J connectivity index is 6.31. The molecule has 0 fully saturated rings. The molecule has 0 spiro atoms. The van der Waals surface area contributed by atoms with Gasteiger partial charge in [-0.3, -0.25) is 0 Å². The Labute approximate surface area is 120 Å². The third kappa shape index (κ3) is 2.57. The van der Waals surface area contributed by atoms with Crippen LogP contribution in [-0.2, 0) is 9.47 Å². The lowest BCUT2D eigenvalue weighted by molar-refractivity contribution is -0.283. The second-order valence-corrected chi connectivity index (χ2v) is 4.42. The third-order valence-corrected chi connectivity index (χ3v) is 3.20. The van der Waals surface area contributed by atoms with Gasteiger partial charge in [0.25, 0.3) is 0 Å². The highest BCUT2D eigenvalue weighted by molar-refractivity contribution is 7.80. The molecule has 0 aliphatic heterocycles. The molecule has 0 aliphatic carbocycles. The number of rotatable bonds is 5. The Kier molecular flexibility index (Phi) is 5.39. The van der Waals surface area contributed by atoms with Crippen LogP contribution in [0.3, 0.4) is 0 Å². The summed E-state index contributed by atoms with van der Waals surface area (Å²) in [4.78, 5) is 0. The minimum absolute atomic E-state index is 0.439. The summed E-state index contributed by atoms with van der Waals surface area (Å²) in [6.07, 6.45) is 0. The van der Waals surface area contributed by atoms with Crippen molar-refractivity contribution in [3.8, 4) is 0 Å². The Morgan fingerprint density at radius 3 is 1.40 bits per heavy atom. The van der Waals surface area contributed by atoms with Crippen molar-refractivity contribution in [2.24, 2.45) is 0 Å². The Morgan fingerprint density at radius 2 is 1.15 bits per heavy atom. The molecule has 0 saturated heterocycles. The van der Waals surface area contributed by atoms with Crippen LogP contribution in [-0.4, -0.2) is 47.8 Å². The number of halogens is 7. The predicted octanol–water partition coefficient (Wildman–Crippen LogP) is 3.57. The van der Waals surface area contributed by atoms with Gasteiger partial charge in [0.2, 0.25) is 10.1 Å². The fraction of sp³-hybridized carbons (Fsp3) is 0.778. The number of ether oxygens (including phenoxy) is 2. The van der Waals surface area contributed by atoms with Crippen LogP contribution < -0.4 is 0 Å². The van der Waals surface area contributed by atoms with E-state index in [4.69, 9.17) is 0 Å². The zero-order valence-corrected chi connectivity index (χ0v) is 11.9. The molecule has 0 aliphatic rings. The first-order valence-electron chi connectivity index (χ1n) is 4.71. The lowest BCUT2D eigenvalue weighted by atomic mass is 9.87. The first-order valence-corrected chi connectivity index (χ1v) is 5.52. The van der Waals surface area contributed by atoms with Crippen LogP contribution in [0.1, 0.15) is 6.92 Å². The fourth-order valence-corrected chi connectivity index (χ4v) is 1.56. The summed E-state index contributed by atoms with van der Waals surface area (Å²) in [5.74, 6) is -16.4. The van der Waals surface area contributed by atoms with Crippen LogP contribution in [0.5, 0.6) is 0 Å². The van der Waals surface area contributed by atoms with Crippen molar-refractivity contribution in [2.45, 2.75) is 30.4 Å². The lowest BCUT2D eigenvalue weighted by Gasteiger charge is -2.39. The lowest BCUT2D eigenvalue weighted by Crippen LogP contribution is -2.69. The van der Waals surface area contributed by atoms with Crippen molar-refractivity contribution >= 4 is 34.5 Å². The SMILES string of the molecule is COC(=S)C(F)(F)C(F)(C(=S)OC)C(F)(F)C(C)(F)F. The molecule has 0 rings (SSSR count). The smallest absolute Gasteiger partial charge is 0.362 e. The number of methoxy groups -OCH3 is 2. The van der Waals surface area contributed by atoms with Crippen molar-refractivity contribution in [1.82, 2.24) is 0 Å². The van der Waals surface area contributed by atoms with Crippen LogP contribution in [0.25, 0.3) is 0 Å². The highest BCUT2D eigenvalue weighted by Crippen LogP contribution is 2.53. The first kappa shape index (κ1) is 19.3. The molecule has 2 nitrogen and oxygen atoms in total. The Bertz CT molecular complexity index is 408. The molecule has 0 heterocycles. The zero-order chi connectivity index (χ0) is 16.6. The van der Waals surface area contributed by atoms with E-state index in [1.54, 1.807) is 0 Å². The molecular weight excluding hydrogens is 337 g/mol. The minimum atomic E-state index is -5.90. The Morgan fingerprint density at radius 1 is 0.800 bits per heavy atom. The average molecular weight is 346 g/mol. The summed E-state index contributed by atoms with van der Waals surface area (Å²) < 4.78 is 102. The Hall–Kier alpha value is -0.710. The van der Waals surface area contributed by atoms with Gasteiger partial charge < -0.3 is 9.47 Å². The van der Waals surface area contributed by atoms with E-state index >= 15 is 0 Å². The van der Waals surface area contributed by atoms with Gasteiger partial charge in [0.15, 0.2) is 0 Å². The van der Waals surface area contributed by atoms with Gasteiger partial charge in [0.05, 0.1) is 14.2 Å². The monoisotopic (exact) mass is 346 g/mol. The van der Waals surface area contributed by atoms with E-state index in [1.165, 1.54) is 0 Å². The quantitative estimate of drug-likeness (QED) is 0.559. The second kappa shape index (κ2) is 5.58. The molecule has 0 aromatic rings. The minimum Gasteiger partial charge on any atom is -0.487 e. The van der Waals surface area contributed by atoms with Crippen molar-refractivity contribution in [2.75, 3.05) is 14.2 Å². The van der Waals surface area contributed by atoms with E-state index in [0.29, 0.717) is 14.2 Å². The maximum Gasteiger partial charge on any atom is 0.362 e. The van der Waals surface area contributed by atoms with E-state index in [-0.39, 0.29) is 0 Å². The summed E-state index contributed by atoms with van der Waals surface area (Å²) in [7, 11) is 1.02. The highest BCUT2D eigenvalue weighted by Gasteiger charge is 2.82. The first-order chi connectivity index (χ1) is 8.71. The average Bonchev–Trinajstić information content (AvgIpc) is 2.33. The molecular formula is C9H9F7O2S2. The van der Waals surface area contributed by atoms with E-state index in [1.807, 2.05) is 0 Å². The molecule has 0 aromatic heterocycles. The molecule has 0 radical (unpaired) electrons. The summed E-state index contributed by atoms with van der Waals surface area (Å²) in [5.41, 5.74) is -5.37. The van der Waals surface area contributed by atoms with Gasteiger partial charge in [-0.05, 0) is 24.4 Å². The van der Waals surface area contributed by atoms with Gasteiger partial charge in [0.1, 0.15) is 0 Å². The van der Waals surface area contributed by atoms with Gasteiger partial charge in [-0.25, -0.2) is 13.2 Å². The second-order valence-electron chi connectivity index (χ2n) is 3.68. The topological polar surface area (TPSA) is 18.5 Å². The zero-order valence-electron chi connectivity index (χ0n) is 10.3. The molecule has 0 bridgehead atoms. The van der Waals surface area contributed by atoms with Gasteiger partial charge in [-0.2, -0.15) is 17.6 Å². The number of alkyl halides is 7. The molecule has 11 heteroatoms. The molecule has 0 saturated carbocycles. The fourth-order valence-electron chi connectivity index (χ4n) is 1.17. The van der Waals surface area contributed by atoms with Crippen LogP contribution in [0, 0.1) is 0 Å². The van der Waals surface area contributed by atoms with Gasteiger partial charge in [0, 0.05) is 6.92 Å².